The Kier molecular flexibility index (Phi) is 4.11. The summed E-state index contributed by atoms with van der Waals surface area (Å²) in [5.74, 6) is 0.104. The molecule has 0 aromatic carbocycles. The van der Waals surface area contributed by atoms with Crippen molar-refractivity contribution >= 4 is 23.5 Å². The molecule has 2 aromatic heterocycles. The van der Waals surface area contributed by atoms with Gasteiger partial charge in [0.25, 0.3) is 5.91 Å². The summed E-state index contributed by atoms with van der Waals surface area (Å²) in [7, 11) is 1.70. The summed E-state index contributed by atoms with van der Waals surface area (Å²) in [6.45, 7) is 2.04. The van der Waals surface area contributed by atoms with Gasteiger partial charge in [-0.1, -0.05) is 24.9 Å². The van der Waals surface area contributed by atoms with E-state index in [1.807, 2.05) is 6.92 Å². The number of amides is 1. The average molecular weight is 280 g/mol. The average Bonchev–Trinajstić information content (AvgIpc) is 2.75. The molecule has 2 heterocycles. The second-order valence-electron chi connectivity index (χ2n) is 4.08. The van der Waals surface area contributed by atoms with Gasteiger partial charge in [-0.05, 0) is 18.6 Å². The second-order valence-corrected chi connectivity index (χ2v) is 4.47. The van der Waals surface area contributed by atoms with Gasteiger partial charge >= 0.3 is 0 Å². The third-order valence-electron chi connectivity index (χ3n) is 2.55. The van der Waals surface area contributed by atoms with E-state index in [1.54, 1.807) is 13.1 Å². The molecule has 19 heavy (non-hydrogen) atoms. The number of rotatable bonds is 4. The predicted octanol–water partition coefficient (Wildman–Crippen LogP) is 2.07. The molecule has 0 aliphatic carbocycles. The number of aryl methyl sites for hydroxylation is 2. The summed E-state index contributed by atoms with van der Waals surface area (Å²) in [4.78, 5) is 20.2. The molecule has 0 fully saturated rings. The van der Waals surface area contributed by atoms with Crippen molar-refractivity contribution in [3.63, 3.8) is 0 Å². The van der Waals surface area contributed by atoms with Crippen molar-refractivity contribution in [2.45, 2.75) is 19.8 Å². The van der Waals surface area contributed by atoms with Gasteiger partial charge in [0.15, 0.2) is 0 Å². The van der Waals surface area contributed by atoms with Crippen molar-refractivity contribution in [3.05, 3.63) is 34.9 Å². The molecule has 1 amide bonds. The molecule has 0 saturated carbocycles. The van der Waals surface area contributed by atoms with E-state index < -0.39 is 0 Å². The molecular weight excluding hydrogens is 266 g/mol. The summed E-state index contributed by atoms with van der Waals surface area (Å²) < 4.78 is 1.48. The van der Waals surface area contributed by atoms with Gasteiger partial charge in [-0.15, -0.1) is 0 Å². The number of hydrogen-bond acceptors (Lipinski definition) is 4. The molecule has 2 aromatic rings. The first kappa shape index (κ1) is 13.5. The number of halogens is 1. The summed E-state index contributed by atoms with van der Waals surface area (Å²) in [6.07, 6.45) is 3.10. The Bertz CT molecular complexity index is 596. The number of anilines is 1. The highest BCUT2D eigenvalue weighted by Crippen LogP contribution is 2.13. The number of carbonyl (C=O) groups excluding carboxylic acids is 1. The van der Waals surface area contributed by atoms with Gasteiger partial charge in [0.2, 0.25) is 5.95 Å². The molecule has 0 atom stereocenters. The Morgan fingerprint density at radius 3 is 2.89 bits per heavy atom. The van der Waals surface area contributed by atoms with Crippen LogP contribution in [0.3, 0.4) is 0 Å². The zero-order valence-corrected chi connectivity index (χ0v) is 11.5. The third-order valence-corrected chi connectivity index (χ3v) is 2.75. The SMILES string of the molecule is CCCc1cc(C(=O)Nc2ncnn2C)cc(Cl)n1. The molecule has 0 spiro atoms. The normalized spacial score (nSPS) is 10.5. The van der Waals surface area contributed by atoms with Crippen molar-refractivity contribution in [3.8, 4) is 0 Å². The lowest BCUT2D eigenvalue weighted by Gasteiger charge is -2.06. The van der Waals surface area contributed by atoms with Crippen LogP contribution in [-0.2, 0) is 13.5 Å². The summed E-state index contributed by atoms with van der Waals surface area (Å²) in [6, 6.07) is 3.27. The molecule has 0 radical (unpaired) electrons. The van der Waals surface area contributed by atoms with Crippen LogP contribution < -0.4 is 5.32 Å². The van der Waals surface area contributed by atoms with Crippen LogP contribution in [0.1, 0.15) is 29.4 Å². The van der Waals surface area contributed by atoms with E-state index in [9.17, 15) is 4.79 Å². The van der Waals surface area contributed by atoms with E-state index >= 15 is 0 Å². The number of pyridine rings is 1. The number of nitrogens with one attached hydrogen (secondary N) is 1. The number of aromatic nitrogens is 4. The third kappa shape index (κ3) is 3.29. The van der Waals surface area contributed by atoms with Crippen molar-refractivity contribution in [2.24, 2.45) is 7.05 Å². The van der Waals surface area contributed by atoms with Crippen LogP contribution in [0.25, 0.3) is 0 Å². The number of nitrogens with zero attached hydrogens (tertiary/aromatic N) is 4. The minimum absolute atomic E-state index is 0.280. The van der Waals surface area contributed by atoms with E-state index in [0.717, 1.165) is 18.5 Å². The first-order valence-corrected chi connectivity index (χ1v) is 6.29. The summed E-state index contributed by atoms with van der Waals surface area (Å²) in [5, 5.41) is 6.86. The van der Waals surface area contributed by atoms with Gasteiger partial charge in [0.1, 0.15) is 11.5 Å². The van der Waals surface area contributed by atoms with E-state index in [4.69, 9.17) is 11.6 Å². The molecule has 1 N–H and O–H groups in total. The predicted molar refractivity (Wildman–Crippen MR) is 72.2 cm³/mol. The highest BCUT2D eigenvalue weighted by molar-refractivity contribution is 6.29. The quantitative estimate of drug-likeness (QED) is 0.870. The molecule has 6 nitrogen and oxygen atoms in total. The van der Waals surface area contributed by atoms with Gasteiger partial charge in [-0.25, -0.2) is 9.67 Å². The van der Waals surface area contributed by atoms with Gasteiger partial charge in [0, 0.05) is 18.3 Å². The molecule has 0 aliphatic rings. The highest BCUT2D eigenvalue weighted by atomic mass is 35.5. The minimum Gasteiger partial charge on any atom is -0.291 e. The molecule has 0 saturated heterocycles. The summed E-state index contributed by atoms with van der Waals surface area (Å²) in [5.41, 5.74) is 1.27. The minimum atomic E-state index is -0.280. The molecule has 0 unspecified atom stereocenters. The Hall–Kier alpha value is -1.95. The van der Waals surface area contributed by atoms with Crippen LogP contribution >= 0.6 is 11.6 Å². The van der Waals surface area contributed by atoms with E-state index in [2.05, 4.69) is 20.4 Å². The Morgan fingerprint density at radius 1 is 1.47 bits per heavy atom. The van der Waals surface area contributed by atoms with Crippen LogP contribution in [0, 0.1) is 0 Å². The second kappa shape index (κ2) is 5.79. The van der Waals surface area contributed by atoms with E-state index in [1.165, 1.54) is 17.1 Å². The Balaban J connectivity index is 2.21. The van der Waals surface area contributed by atoms with Crippen LogP contribution in [0.5, 0.6) is 0 Å². The van der Waals surface area contributed by atoms with Gasteiger partial charge < -0.3 is 0 Å². The lowest BCUT2D eigenvalue weighted by Crippen LogP contribution is -2.16. The fourth-order valence-electron chi connectivity index (χ4n) is 1.65. The largest absolute Gasteiger partial charge is 0.291 e. The van der Waals surface area contributed by atoms with Crippen LogP contribution in [0.15, 0.2) is 18.5 Å². The maximum absolute atomic E-state index is 12.1. The standard InChI is InChI=1S/C12H14ClN5O/c1-3-4-9-5-8(6-10(13)16-9)11(19)17-12-14-7-15-18(12)2/h5-7H,3-4H2,1-2H3,(H,14,15,17,19). The number of carbonyl (C=O) groups is 1. The van der Waals surface area contributed by atoms with Gasteiger partial charge in [-0.2, -0.15) is 10.1 Å². The lowest BCUT2D eigenvalue weighted by atomic mass is 10.1. The Morgan fingerprint density at radius 2 is 2.26 bits per heavy atom. The number of hydrogen-bond donors (Lipinski definition) is 1. The zero-order chi connectivity index (χ0) is 13.8. The maximum Gasteiger partial charge on any atom is 0.258 e. The smallest absolute Gasteiger partial charge is 0.258 e. The van der Waals surface area contributed by atoms with E-state index in [0.29, 0.717) is 16.7 Å². The van der Waals surface area contributed by atoms with Crippen molar-refractivity contribution in [1.82, 2.24) is 19.7 Å². The van der Waals surface area contributed by atoms with Gasteiger partial charge in [0.05, 0.1) is 0 Å². The Labute approximate surface area is 115 Å². The highest BCUT2D eigenvalue weighted by Gasteiger charge is 2.11. The van der Waals surface area contributed by atoms with E-state index in [-0.39, 0.29) is 5.91 Å². The topological polar surface area (TPSA) is 72.7 Å². The van der Waals surface area contributed by atoms with Crippen LogP contribution in [-0.4, -0.2) is 25.7 Å². The first-order valence-electron chi connectivity index (χ1n) is 5.92. The zero-order valence-electron chi connectivity index (χ0n) is 10.7. The fraction of sp³-hybridized carbons (Fsp3) is 0.333. The molecule has 100 valence electrons. The molecule has 2 rings (SSSR count). The molecule has 7 heteroatoms. The summed E-state index contributed by atoms with van der Waals surface area (Å²) >= 11 is 5.92. The van der Waals surface area contributed by atoms with Crippen molar-refractivity contribution in [1.29, 1.82) is 0 Å². The fourth-order valence-corrected chi connectivity index (χ4v) is 1.88. The van der Waals surface area contributed by atoms with Crippen LogP contribution in [0.4, 0.5) is 5.95 Å². The monoisotopic (exact) mass is 279 g/mol. The molecule has 0 aliphatic heterocycles. The first-order chi connectivity index (χ1) is 9.10. The maximum atomic E-state index is 12.1. The van der Waals surface area contributed by atoms with Gasteiger partial charge in [-0.3, -0.25) is 10.1 Å². The van der Waals surface area contributed by atoms with Crippen LogP contribution in [0.2, 0.25) is 5.15 Å². The van der Waals surface area contributed by atoms with Crippen molar-refractivity contribution < 1.29 is 4.79 Å². The lowest BCUT2D eigenvalue weighted by molar-refractivity contribution is 0.102. The molecule has 0 bridgehead atoms. The molecular formula is C12H14ClN5O. The van der Waals surface area contributed by atoms with Crippen molar-refractivity contribution in [2.75, 3.05) is 5.32 Å².